The minimum Gasteiger partial charge on any atom is -0.444 e. The molecule has 3 amide bonds. The fraction of sp³-hybridized carbons (Fsp3) is 0.400. The Hall–Kier alpha value is -4.13. The number of benzene rings is 3. The predicted molar refractivity (Wildman–Crippen MR) is 168 cm³/mol. The average molecular weight is 572 g/mol. The molecule has 224 valence electrons. The zero-order valence-corrected chi connectivity index (χ0v) is 25.8. The van der Waals surface area contributed by atoms with Gasteiger partial charge in [-0.15, -0.1) is 0 Å². The van der Waals surface area contributed by atoms with Crippen LogP contribution in [-0.4, -0.2) is 41.0 Å². The highest BCUT2D eigenvalue weighted by Gasteiger charge is 2.36. The van der Waals surface area contributed by atoms with E-state index < -0.39 is 23.8 Å². The summed E-state index contributed by atoms with van der Waals surface area (Å²) in [5, 5.41) is 5.89. The molecule has 0 fully saturated rings. The molecule has 0 radical (unpaired) electrons. The Labute approximate surface area is 250 Å². The highest BCUT2D eigenvalue weighted by Crippen LogP contribution is 2.27. The van der Waals surface area contributed by atoms with Crippen molar-refractivity contribution >= 4 is 23.6 Å². The Bertz CT molecular complexity index is 1330. The normalized spacial score (nSPS) is 12.6. The van der Waals surface area contributed by atoms with Gasteiger partial charge in [-0.25, -0.2) is 4.79 Å². The van der Waals surface area contributed by atoms with Crippen molar-refractivity contribution < 1.29 is 19.1 Å². The third-order valence-electron chi connectivity index (χ3n) is 6.88. The van der Waals surface area contributed by atoms with Gasteiger partial charge in [0, 0.05) is 18.7 Å². The van der Waals surface area contributed by atoms with Gasteiger partial charge in [-0.2, -0.15) is 0 Å². The monoisotopic (exact) mass is 571 g/mol. The molecule has 3 aromatic carbocycles. The standard InChI is InChI=1S/C35H45N3O4/c1-7-8-14-22-38(33(40)30(24-27-18-10-9-11-19-27)37-34(41)42-35(4,5)6)31(28-20-15-16-25(2)23-28)32(39)36-29-21-13-12-17-26(29)3/h9-13,15-21,23,30-31H,7-8,14,22,24H2,1-6H3,(H,36,39)(H,37,41). The fourth-order valence-corrected chi connectivity index (χ4v) is 4.83. The van der Waals surface area contributed by atoms with E-state index in [1.54, 1.807) is 25.7 Å². The molecule has 2 N–H and O–H groups in total. The van der Waals surface area contributed by atoms with Crippen molar-refractivity contribution in [3.8, 4) is 0 Å². The number of hydrogen-bond donors (Lipinski definition) is 2. The molecule has 0 saturated carbocycles. The van der Waals surface area contributed by atoms with Crippen LogP contribution >= 0.6 is 0 Å². The van der Waals surface area contributed by atoms with Gasteiger partial charge in [-0.05, 0) is 63.8 Å². The number of unbranched alkanes of at least 4 members (excludes halogenated alkanes) is 2. The molecule has 0 aliphatic rings. The van der Waals surface area contributed by atoms with Crippen LogP contribution < -0.4 is 10.6 Å². The molecule has 2 atom stereocenters. The molecule has 0 bridgehead atoms. The van der Waals surface area contributed by atoms with Crippen LogP contribution in [-0.2, 0) is 20.7 Å². The van der Waals surface area contributed by atoms with Gasteiger partial charge in [0.05, 0.1) is 0 Å². The van der Waals surface area contributed by atoms with Gasteiger partial charge in [0.25, 0.3) is 5.91 Å². The molecule has 0 aliphatic heterocycles. The van der Waals surface area contributed by atoms with E-state index >= 15 is 0 Å². The van der Waals surface area contributed by atoms with Crippen molar-refractivity contribution in [2.45, 2.75) is 84.9 Å². The van der Waals surface area contributed by atoms with Crippen LogP contribution in [0.4, 0.5) is 10.5 Å². The number of hydrogen-bond acceptors (Lipinski definition) is 4. The number of anilines is 1. The summed E-state index contributed by atoms with van der Waals surface area (Å²) < 4.78 is 5.53. The summed E-state index contributed by atoms with van der Waals surface area (Å²) in [5.74, 6) is -0.650. The van der Waals surface area contributed by atoms with Crippen LogP contribution in [0.2, 0.25) is 0 Å². The van der Waals surface area contributed by atoms with Gasteiger partial charge >= 0.3 is 6.09 Å². The predicted octanol–water partition coefficient (Wildman–Crippen LogP) is 7.14. The van der Waals surface area contributed by atoms with Crippen LogP contribution in [0.1, 0.15) is 75.3 Å². The van der Waals surface area contributed by atoms with Crippen molar-refractivity contribution in [3.05, 3.63) is 101 Å². The molecule has 7 heteroatoms. The highest BCUT2D eigenvalue weighted by atomic mass is 16.6. The van der Waals surface area contributed by atoms with Gasteiger partial charge < -0.3 is 20.3 Å². The summed E-state index contributed by atoms with van der Waals surface area (Å²) in [6.07, 6.45) is 2.14. The molecule has 7 nitrogen and oxygen atoms in total. The molecule has 42 heavy (non-hydrogen) atoms. The van der Waals surface area contributed by atoms with Crippen LogP contribution in [0.25, 0.3) is 0 Å². The SMILES string of the molecule is CCCCCN(C(=O)C(Cc1ccccc1)NC(=O)OC(C)(C)C)C(C(=O)Nc1ccccc1C)c1cccc(C)c1. The third-order valence-corrected chi connectivity index (χ3v) is 6.88. The maximum Gasteiger partial charge on any atom is 0.408 e. The van der Waals surface area contributed by atoms with Crippen LogP contribution in [0.3, 0.4) is 0 Å². The van der Waals surface area contributed by atoms with Crippen LogP contribution in [0, 0.1) is 13.8 Å². The van der Waals surface area contributed by atoms with Gasteiger partial charge in [-0.1, -0.05) is 98.1 Å². The van der Waals surface area contributed by atoms with Crippen LogP contribution in [0.5, 0.6) is 0 Å². The summed E-state index contributed by atoms with van der Waals surface area (Å²) >= 11 is 0. The lowest BCUT2D eigenvalue weighted by Crippen LogP contribution is -2.53. The highest BCUT2D eigenvalue weighted by molar-refractivity contribution is 5.99. The Kier molecular flexibility index (Phi) is 11.7. The number of nitrogens with one attached hydrogen (secondary N) is 2. The third kappa shape index (κ3) is 9.75. The van der Waals surface area contributed by atoms with Crippen molar-refractivity contribution in [3.63, 3.8) is 0 Å². The molecule has 3 rings (SSSR count). The van der Waals surface area contributed by atoms with Gasteiger partial charge in [0.1, 0.15) is 17.7 Å². The maximum absolute atomic E-state index is 14.5. The molecule has 0 spiro atoms. The van der Waals surface area contributed by atoms with E-state index in [4.69, 9.17) is 4.74 Å². The molecule has 0 heterocycles. The van der Waals surface area contributed by atoms with E-state index in [1.165, 1.54) is 0 Å². The summed E-state index contributed by atoms with van der Waals surface area (Å²) in [6, 6.07) is 22.9. The molecule has 3 aromatic rings. The van der Waals surface area contributed by atoms with Gasteiger partial charge in [0.15, 0.2) is 0 Å². The Morgan fingerprint density at radius 2 is 1.57 bits per heavy atom. The first-order valence-corrected chi connectivity index (χ1v) is 14.8. The topological polar surface area (TPSA) is 87.7 Å². The Morgan fingerprint density at radius 1 is 0.881 bits per heavy atom. The Balaban J connectivity index is 2.07. The second-order valence-electron chi connectivity index (χ2n) is 11.7. The summed E-state index contributed by atoms with van der Waals surface area (Å²) in [6.45, 7) is 11.7. The molecular weight excluding hydrogens is 526 g/mol. The van der Waals surface area contributed by atoms with E-state index in [0.717, 1.165) is 29.5 Å². The van der Waals surface area contributed by atoms with E-state index in [9.17, 15) is 14.4 Å². The lowest BCUT2D eigenvalue weighted by Gasteiger charge is -2.35. The first-order chi connectivity index (χ1) is 20.0. The summed E-state index contributed by atoms with van der Waals surface area (Å²) in [4.78, 5) is 43.3. The van der Waals surface area contributed by atoms with Gasteiger partial charge in [0.2, 0.25) is 5.91 Å². The molecule has 0 aromatic heterocycles. The van der Waals surface area contributed by atoms with E-state index in [2.05, 4.69) is 17.6 Å². The zero-order valence-electron chi connectivity index (χ0n) is 25.8. The minimum atomic E-state index is -0.942. The number of para-hydroxylation sites is 1. The number of carbonyl (C=O) groups is 3. The first-order valence-electron chi connectivity index (χ1n) is 14.8. The lowest BCUT2D eigenvalue weighted by atomic mass is 9.98. The fourth-order valence-electron chi connectivity index (χ4n) is 4.83. The van der Waals surface area contributed by atoms with E-state index in [-0.39, 0.29) is 18.2 Å². The number of nitrogens with zero attached hydrogens (tertiary/aromatic N) is 1. The molecule has 2 unspecified atom stereocenters. The number of ether oxygens (including phenoxy) is 1. The van der Waals surface area contributed by atoms with E-state index in [1.807, 2.05) is 92.7 Å². The van der Waals surface area contributed by atoms with Crippen molar-refractivity contribution in [1.82, 2.24) is 10.2 Å². The largest absolute Gasteiger partial charge is 0.444 e. The summed E-state index contributed by atoms with van der Waals surface area (Å²) in [7, 11) is 0. The van der Waals surface area contributed by atoms with E-state index in [0.29, 0.717) is 24.2 Å². The second kappa shape index (κ2) is 15.2. The molecule has 0 aliphatic carbocycles. The van der Waals surface area contributed by atoms with Gasteiger partial charge in [-0.3, -0.25) is 9.59 Å². The number of alkyl carbamates (subject to hydrolysis) is 1. The molecule has 0 saturated heterocycles. The number of carbonyl (C=O) groups excluding carboxylic acids is 3. The first kappa shape index (κ1) is 32.4. The lowest BCUT2D eigenvalue weighted by molar-refractivity contribution is -0.140. The van der Waals surface area contributed by atoms with Crippen LogP contribution in [0.15, 0.2) is 78.9 Å². The quantitative estimate of drug-likeness (QED) is 0.226. The number of rotatable bonds is 12. The second-order valence-corrected chi connectivity index (χ2v) is 11.7. The van der Waals surface area contributed by atoms with Crippen molar-refractivity contribution in [2.75, 3.05) is 11.9 Å². The average Bonchev–Trinajstić information content (AvgIpc) is 2.92. The Morgan fingerprint density at radius 3 is 2.21 bits per heavy atom. The number of amides is 3. The number of aryl methyl sites for hydroxylation is 2. The minimum absolute atomic E-state index is 0.253. The molecular formula is C35H45N3O4. The van der Waals surface area contributed by atoms with Crippen molar-refractivity contribution in [1.29, 1.82) is 0 Å². The van der Waals surface area contributed by atoms with Crippen molar-refractivity contribution in [2.24, 2.45) is 0 Å². The zero-order chi connectivity index (χ0) is 30.7. The summed E-state index contributed by atoms with van der Waals surface area (Å²) in [5.41, 5.74) is 3.46. The maximum atomic E-state index is 14.5. The smallest absolute Gasteiger partial charge is 0.408 e.